The van der Waals surface area contributed by atoms with E-state index in [0.29, 0.717) is 9.90 Å². The lowest BCUT2D eigenvalue weighted by atomic mass is 10.2. The van der Waals surface area contributed by atoms with Crippen molar-refractivity contribution in [1.82, 2.24) is 5.43 Å². The maximum atomic E-state index is 12.3. The Kier molecular flexibility index (Phi) is 6.26. The molecule has 0 aliphatic carbocycles. The molecule has 0 bridgehead atoms. The van der Waals surface area contributed by atoms with Gasteiger partial charge in [-0.3, -0.25) is 4.79 Å². The van der Waals surface area contributed by atoms with Gasteiger partial charge in [-0.05, 0) is 42.3 Å². The minimum atomic E-state index is -0.313. The highest BCUT2D eigenvalue weighted by Gasteiger charge is 2.16. The number of amides is 1. The lowest BCUT2D eigenvalue weighted by Gasteiger charge is -2.04. The van der Waals surface area contributed by atoms with E-state index in [4.69, 9.17) is 16.3 Å². The lowest BCUT2D eigenvalue weighted by molar-refractivity contribution is 0.0959. The number of nitrogens with one attached hydrogen (secondary N) is 1. The first-order chi connectivity index (χ1) is 12.7. The van der Waals surface area contributed by atoms with Crippen molar-refractivity contribution < 1.29 is 9.53 Å². The fourth-order valence-corrected chi connectivity index (χ4v) is 3.77. The van der Waals surface area contributed by atoms with Crippen LogP contribution in [0.15, 0.2) is 53.6 Å². The quantitative estimate of drug-likeness (QED) is 0.331. The van der Waals surface area contributed by atoms with Crippen LogP contribution in [0.1, 0.15) is 35.0 Å². The number of ether oxygens (including phenoxy) is 1. The topological polar surface area (TPSA) is 50.7 Å². The standard InChI is InChI=1S/C20H19ClN2O2S/c1-2-3-12-25-15-10-8-14(9-11-15)13-22-23-20(24)19-18(21)16-6-4-5-7-17(16)26-19/h4-11,13H,2-3,12H2,1H3,(H,23,24)/b22-13-. The molecule has 0 aliphatic rings. The molecule has 0 radical (unpaired) electrons. The van der Waals surface area contributed by atoms with Crippen molar-refractivity contribution >= 4 is 45.1 Å². The van der Waals surface area contributed by atoms with Crippen LogP contribution in [0.2, 0.25) is 5.02 Å². The van der Waals surface area contributed by atoms with Crippen molar-refractivity contribution in [2.24, 2.45) is 5.10 Å². The van der Waals surface area contributed by atoms with Gasteiger partial charge in [-0.25, -0.2) is 5.43 Å². The summed E-state index contributed by atoms with van der Waals surface area (Å²) in [5.74, 6) is 0.517. The van der Waals surface area contributed by atoms with Crippen LogP contribution in [0.4, 0.5) is 0 Å². The molecule has 134 valence electrons. The molecule has 26 heavy (non-hydrogen) atoms. The smallest absolute Gasteiger partial charge is 0.283 e. The number of hydrogen-bond acceptors (Lipinski definition) is 4. The number of unbranched alkanes of at least 4 members (excludes halogenated alkanes) is 1. The Morgan fingerprint density at radius 2 is 2.00 bits per heavy atom. The van der Waals surface area contributed by atoms with Gasteiger partial charge in [0.25, 0.3) is 5.91 Å². The fourth-order valence-electron chi connectivity index (χ4n) is 2.36. The minimum absolute atomic E-state index is 0.313. The number of halogens is 1. The van der Waals surface area contributed by atoms with Gasteiger partial charge in [-0.15, -0.1) is 11.3 Å². The van der Waals surface area contributed by atoms with E-state index >= 15 is 0 Å². The molecular weight excluding hydrogens is 368 g/mol. The van der Waals surface area contributed by atoms with Crippen molar-refractivity contribution in [3.63, 3.8) is 0 Å². The molecule has 0 saturated heterocycles. The summed E-state index contributed by atoms with van der Waals surface area (Å²) in [4.78, 5) is 12.8. The third kappa shape index (κ3) is 4.42. The second kappa shape index (κ2) is 8.83. The summed E-state index contributed by atoms with van der Waals surface area (Å²) in [7, 11) is 0. The highest BCUT2D eigenvalue weighted by atomic mass is 35.5. The summed E-state index contributed by atoms with van der Waals surface area (Å²) in [6.07, 6.45) is 3.73. The SMILES string of the molecule is CCCCOc1ccc(/C=N\NC(=O)c2sc3ccccc3c2Cl)cc1. The van der Waals surface area contributed by atoms with Crippen LogP contribution in [0.5, 0.6) is 5.75 Å². The molecule has 4 nitrogen and oxygen atoms in total. The molecule has 1 N–H and O–H groups in total. The highest BCUT2D eigenvalue weighted by molar-refractivity contribution is 7.21. The molecule has 2 aromatic carbocycles. The van der Waals surface area contributed by atoms with Crippen LogP contribution in [0.25, 0.3) is 10.1 Å². The third-order valence-electron chi connectivity index (χ3n) is 3.77. The van der Waals surface area contributed by atoms with E-state index in [-0.39, 0.29) is 5.91 Å². The van der Waals surface area contributed by atoms with E-state index in [1.165, 1.54) is 11.3 Å². The Morgan fingerprint density at radius 3 is 2.73 bits per heavy atom. The second-order valence-electron chi connectivity index (χ2n) is 5.71. The largest absolute Gasteiger partial charge is 0.494 e. The summed E-state index contributed by atoms with van der Waals surface area (Å²) in [5, 5.41) is 5.36. The third-order valence-corrected chi connectivity index (χ3v) is 5.44. The number of hydrogen-bond donors (Lipinski definition) is 1. The van der Waals surface area contributed by atoms with Gasteiger partial charge in [0.2, 0.25) is 0 Å². The van der Waals surface area contributed by atoms with Crippen molar-refractivity contribution in [1.29, 1.82) is 0 Å². The molecule has 1 heterocycles. The van der Waals surface area contributed by atoms with Crippen LogP contribution in [-0.4, -0.2) is 18.7 Å². The first kappa shape index (κ1) is 18.4. The molecule has 0 aliphatic heterocycles. The van der Waals surface area contributed by atoms with Gasteiger partial charge < -0.3 is 4.74 Å². The summed E-state index contributed by atoms with van der Waals surface area (Å²) in [5.41, 5.74) is 3.40. The number of carbonyl (C=O) groups is 1. The zero-order chi connectivity index (χ0) is 18.4. The van der Waals surface area contributed by atoms with Gasteiger partial charge in [0.15, 0.2) is 0 Å². The zero-order valence-electron chi connectivity index (χ0n) is 14.4. The van der Waals surface area contributed by atoms with Crippen molar-refractivity contribution in [3.8, 4) is 5.75 Å². The van der Waals surface area contributed by atoms with Crippen molar-refractivity contribution in [2.45, 2.75) is 19.8 Å². The highest BCUT2D eigenvalue weighted by Crippen LogP contribution is 2.34. The maximum absolute atomic E-state index is 12.3. The molecule has 0 unspecified atom stereocenters. The number of nitrogens with zero attached hydrogens (tertiary/aromatic N) is 1. The van der Waals surface area contributed by atoms with E-state index in [9.17, 15) is 4.79 Å². The van der Waals surface area contributed by atoms with Gasteiger partial charge in [0.1, 0.15) is 10.6 Å². The van der Waals surface area contributed by atoms with Gasteiger partial charge in [0, 0.05) is 10.1 Å². The molecule has 1 aromatic heterocycles. The summed E-state index contributed by atoms with van der Waals surface area (Å²) >= 11 is 7.66. The van der Waals surface area contributed by atoms with Crippen LogP contribution >= 0.6 is 22.9 Å². The Morgan fingerprint density at radius 1 is 1.23 bits per heavy atom. The molecular formula is C20H19ClN2O2S. The molecule has 1 amide bonds. The number of carbonyl (C=O) groups excluding carboxylic acids is 1. The fraction of sp³-hybridized carbons (Fsp3) is 0.200. The Balaban J connectivity index is 1.60. The first-order valence-electron chi connectivity index (χ1n) is 8.42. The molecule has 0 fully saturated rings. The van der Waals surface area contributed by atoms with E-state index in [0.717, 1.165) is 40.8 Å². The number of rotatable bonds is 7. The Bertz CT molecular complexity index is 919. The molecule has 3 aromatic rings. The maximum Gasteiger partial charge on any atom is 0.283 e. The van der Waals surface area contributed by atoms with Gasteiger partial charge >= 0.3 is 0 Å². The number of benzene rings is 2. The summed E-state index contributed by atoms with van der Waals surface area (Å²) in [6.45, 7) is 2.85. The van der Waals surface area contributed by atoms with Crippen LogP contribution < -0.4 is 10.2 Å². The lowest BCUT2D eigenvalue weighted by Crippen LogP contribution is -2.16. The molecule has 6 heteroatoms. The van der Waals surface area contributed by atoms with Crippen molar-refractivity contribution in [3.05, 3.63) is 64.0 Å². The molecule has 0 atom stereocenters. The monoisotopic (exact) mass is 386 g/mol. The van der Waals surface area contributed by atoms with E-state index in [1.54, 1.807) is 6.21 Å². The molecule has 0 spiro atoms. The minimum Gasteiger partial charge on any atom is -0.494 e. The number of hydrazone groups is 1. The van der Waals surface area contributed by atoms with Crippen LogP contribution in [0, 0.1) is 0 Å². The number of thiophene rings is 1. The summed E-state index contributed by atoms with van der Waals surface area (Å²) in [6, 6.07) is 15.2. The van der Waals surface area contributed by atoms with Gasteiger partial charge in [-0.1, -0.05) is 43.1 Å². The van der Waals surface area contributed by atoms with Gasteiger partial charge in [0.05, 0.1) is 17.8 Å². The van der Waals surface area contributed by atoms with Crippen molar-refractivity contribution in [2.75, 3.05) is 6.61 Å². The average Bonchev–Trinajstić information content (AvgIpc) is 3.00. The van der Waals surface area contributed by atoms with E-state index < -0.39 is 0 Å². The Hall–Kier alpha value is -2.37. The van der Waals surface area contributed by atoms with Crippen LogP contribution in [0.3, 0.4) is 0 Å². The van der Waals surface area contributed by atoms with E-state index in [1.807, 2.05) is 48.5 Å². The van der Waals surface area contributed by atoms with Gasteiger partial charge in [-0.2, -0.15) is 5.10 Å². The second-order valence-corrected chi connectivity index (χ2v) is 7.14. The normalized spacial score (nSPS) is 11.2. The Labute approximate surface area is 161 Å². The first-order valence-corrected chi connectivity index (χ1v) is 9.61. The van der Waals surface area contributed by atoms with Crippen LogP contribution in [-0.2, 0) is 0 Å². The zero-order valence-corrected chi connectivity index (χ0v) is 15.9. The van der Waals surface area contributed by atoms with E-state index in [2.05, 4.69) is 17.5 Å². The predicted octanol–water partition coefficient (Wildman–Crippen LogP) is 5.50. The molecule has 3 rings (SSSR count). The summed E-state index contributed by atoms with van der Waals surface area (Å²) < 4.78 is 6.59. The number of fused-ring (bicyclic) bond motifs is 1. The predicted molar refractivity (Wildman–Crippen MR) is 109 cm³/mol. The molecule has 0 saturated carbocycles. The average molecular weight is 387 g/mol.